The average molecular weight is 387 g/mol. The van der Waals surface area contributed by atoms with E-state index >= 15 is 0 Å². The van der Waals surface area contributed by atoms with Gasteiger partial charge in [-0.3, -0.25) is 4.79 Å². The van der Waals surface area contributed by atoms with Gasteiger partial charge in [-0.1, -0.05) is 13.0 Å². The predicted octanol–water partition coefficient (Wildman–Crippen LogP) is 3.43. The van der Waals surface area contributed by atoms with Crippen LogP contribution in [0.5, 0.6) is 17.2 Å². The van der Waals surface area contributed by atoms with Gasteiger partial charge < -0.3 is 18.9 Å². The largest absolute Gasteiger partial charge is 0.493 e. The van der Waals surface area contributed by atoms with Gasteiger partial charge in [-0.25, -0.2) is 9.79 Å². The number of benzene rings is 1. The fraction of sp³-hybridized carbons (Fsp3) is 0.211. The molecular weight excluding hydrogens is 370 g/mol. The first kappa shape index (κ1) is 18.7. The SMILES string of the molecule is CCC(=O)Oc1c(OC)cc(C=C2N=C(c3cccs3)OC2=O)cc1OC. The summed E-state index contributed by atoms with van der Waals surface area (Å²) in [7, 11) is 2.90. The molecule has 3 rings (SSSR count). The normalized spacial score (nSPS) is 14.7. The summed E-state index contributed by atoms with van der Waals surface area (Å²) in [6.07, 6.45) is 1.77. The Morgan fingerprint density at radius 1 is 1.26 bits per heavy atom. The van der Waals surface area contributed by atoms with Gasteiger partial charge in [-0.2, -0.15) is 0 Å². The number of ether oxygens (including phenoxy) is 4. The Kier molecular flexibility index (Phi) is 5.56. The zero-order valence-electron chi connectivity index (χ0n) is 15.0. The molecule has 1 aromatic carbocycles. The van der Waals surface area contributed by atoms with E-state index in [1.54, 1.807) is 25.1 Å². The van der Waals surface area contributed by atoms with Crippen molar-refractivity contribution in [2.24, 2.45) is 4.99 Å². The molecule has 7 nitrogen and oxygen atoms in total. The van der Waals surface area contributed by atoms with Crippen LogP contribution in [0, 0.1) is 0 Å². The molecule has 27 heavy (non-hydrogen) atoms. The highest BCUT2D eigenvalue weighted by Crippen LogP contribution is 2.39. The summed E-state index contributed by atoms with van der Waals surface area (Å²) in [4.78, 5) is 28.8. The lowest BCUT2D eigenvalue weighted by Crippen LogP contribution is -2.08. The molecule has 8 heteroatoms. The minimum absolute atomic E-state index is 0.154. The van der Waals surface area contributed by atoms with Crippen LogP contribution in [-0.2, 0) is 14.3 Å². The molecule has 0 radical (unpaired) electrons. The van der Waals surface area contributed by atoms with E-state index in [1.807, 2.05) is 17.5 Å². The number of nitrogens with zero attached hydrogens (tertiary/aromatic N) is 1. The molecule has 0 amide bonds. The van der Waals surface area contributed by atoms with Gasteiger partial charge in [-0.05, 0) is 35.2 Å². The smallest absolute Gasteiger partial charge is 0.363 e. The summed E-state index contributed by atoms with van der Waals surface area (Å²) in [5, 5.41) is 1.87. The molecule has 0 bridgehead atoms. The van der Waals surface area contributed by atoms with Crippen molar-refractivity contribution in [3.05, 3.63) is 45.8 Å². The summed E-state index contributed by atoms with van der Waals surface area (Å²) >= 11 is 1.43. The Morgan fingerprint density at radius 2 is 1.96 bits per heavy atom. The number of aliphatic imine (C=N–C) groups is 1. The zero-order valence-corrected chi connectivity index (χ0v) is 15.8. The first-order chi connectivity index (χ1) is 13.0. The molecule has 1 aliphatic heterocycles. The number of cyclic esters (lactones) is 1. The summed E-state index contributed by atoms with van der Waals surface area (Å²) in [6, 6.07) is 6.92. The van der Waals surface area contributed by atoms with Crippen LogP contribution in [0.4, 0.5) is 0 Å². The van der Waals surface area contributed by atoms with E-state index in [-0.39, 0.29) is 23.8 Å². The summed E-state index contributed by atoms with van der Waals surface area (Å²) in [5.74, 6) is 0.105. The van der Waals surface area contributed by atoms with E-state index in [4.69, 9.17) is 18.9 Å². The molecule has 0 spiro atoms. The van der Waals surface area contributed by atoms with Gasteiger partial charge in [0.1, 0.15) is 0 Å². The molecule has 1 aliphatic rings. The number of thiophene rings is 1. The van der Waals surface area contributed by atoms with Crippen molar-refractivity contribution in [3.8, 4) is 17.2 Å². The highest BCUT2D eigenvalue weighted by Gasteiger charge is 2.25. The highest BCUT2D eigenvalue weighted by molar-refractivity contribution is 7.12. The molecule has 0 atom stereocenters. The van der Waals surface area contributed by atoms with E-state index in [0.29, 0.717) is 17.1 Å². The molecular formula is C19H17NO6S. The molecule has 0 aliphatic carbocycles. The Labute approximate surface area is 159 Å². The van der Waals surface area contributed by atoms with E-state index < -0.39 is 11.9 Å². The first-order valence-electron chi connectivity index (χ1n) is 8.08. The average Bonchev–Trinajstić information content (AvgIpc) is 3.32. The van der Waals surface area contributed by atoms with Gasteiger partial charge in [0.25, 0.3) is 0 Å². The predicted molar refractivity (Wildman–Crippen MR) is 100 cm³/mol. The number of hydrogen-bond donors (Lipinski definition) is 0. The van der Waals surface area contributed by atoms with Crippen molar-refractivity contribution in [1.29, 1.82) is 0 Å². The number of rotatable bonds is 6. The Hall–Kier alpha value is -3.13. The van der Waals surface area contributed by atoms with Crippen LogP contribution >= 0.6 is 11.3 Å². The van der Waals surface area contributed by atoms with Crippen LogP contribution in [0.15, 0.2) is 40.3 Å². The summed E-state index contributed by atoms with van der Waals surface area (Å²) in [6.45, 7) is 1.69. The van der Waals surface area contributed by atoms with E-state index in [0.717, 1.165) is 4.88 Å². The second kappa shape index (κ2) is 8.05. The van der Waals surface area contributed by atoms with Crippen LogP contribution in [0.3, 0.4) is 0 Å². The number of methoxy groups -OCH3 is 2. The third-order valence-electron chi connectivity index (χ3n) is 3.64. The van der Waals surface area contributed by atoms with Gasteiger partial charge in [0.2, 0.25) is 11.6 Å². The van der Waals surface area contributed by atoms with Crippen molar-refractivity contribution in [1.82, 2.24) is 0 Å². The molecule has 2 aromatic rings. The fourth-order valence-electron chi connectivity index (χ4n) is 2.34. The molecule has 1 aromatic heterocycles. The van der Waals surface area contributed by atoms with E-state index in [2.05, 4.69) is 4.99 Å². The van der Waals surface area contributed by atoms with Crippen molar-refractivity contribution in [3.63, 3.8) is 0 Å². The van der Waals surface area contributed by atoms with Gasteiger partial charge in [-0.15, -0.1) is 11.3 Å². The third-order valence-corrected chi connectivity index (χ3v) is 4.50. The minimum atomic E-state index is -0.544. The Balaban J connectivity index is 1.98. The number of carbonyl (C=O) groups excluding carboxylic acids is 2. The zero-order chi connectivity index (χ0) is 19.4. The highest BCUT2D eigenvalue weighted by atomic mass is 32.1. The standard InChI is InChI=1S/C19H17NO6S/c1-4-16(21)25-17-13(23-2)9-11(10-14(17)24-3)8-12-19(22)26-18(20-12)15-6-5-7-27-15/h5-10H,4H2,1-3H3. The monoisotopic (exact) mass is 387 g/mol. The van der Waals surface area contributed by atoms with Crippen molar-refractivity contribution < 1.29 is 28.5 Å². The summed E-state index contributed by atoms with van der Waals surface area (Å²) < 4.78 is 21.1. The second-order valence-electron chi connectivity index (χ2n) is 5.40. The molecule has 0 unspecified atom stereocenters. The fourth-order valence-corrected chi connectivity index (χ4v) is 2.99. The Morgan fingerprint density at radius 3 is 2.52 bits per heavy atom. The molecule has 0 saturated carbocycles. The molecule has 0 saturated heterocycles. The maximum atomic E-state index is 12.1. The van der Waals surface area contributed by atoms with Gasteiger partial charge >= 0.3 is 11.9 Å². The number of esters is 2. The lowest BCUT2D eigenvalue weighted by Gasteiger charge is -2.13. The maximum absolute atomic E-state index is 12.1. The van der Waals surface area contributed by atoms with Crippen LogP contribution in [0.2, 0.25) is 0 Å². The van der Waals surface area contributed by atoms with Crippen LogP contribution < -0.4 is 14.2 Å². The minimum Gasteiger partial charge on any atom is -0.493 e. The quantitative estimate of drug-likeness (QED) is 0.429. The van der Waals surface area contributed by atoms with Crippen LogP contribution in [0.1, 0.15) is 23.8 Å². The van der Waals surface area contributed by atoms with Gasteiger partial charge in [0.05, 0.1) is 19.1 Å². The lowest BCUT2D eigenvalue weighted by atomic mass is 10.1. The Bertz CT molecular complexity index is 905. The van der Waals surface area contributed by atoms with Crippen LogP contribution in [0.25, 0.3) is 6.08 Å². The van der Waals surface area contributed by atoms with Gasteiger partial charge in [0.15, 0.2) is 17.2 Å². The number of carbonyl (C=O) groups is 2. The van der Waals surface area contributed by atoms with E-state index in [9.17, 15) is 9.59 Å². The van der Waals surface area contributed by atoms with Crippen molar-refractivity contribution in [2.75, 3.05) is 14.2 Å². The van der Waals surface area contributed by atoms with Crippen molar-refractivity contribution >= 4 is 35.2 Å². The van der Waals surface area contributed by atoms with Crippen LogP contribution in [-0.4, -0.2) is 32.1 Å². The molecule has 140 valence electrons. The molecule has 0 fully saturated rings. The number of hydrogen-bond acceptors (Lipinski definition) is 8. The molecule has 2 heterocycles. The topological polar surface area (TPSA) is 83.4 Å². The first-order valence-corrected chi connectivity index (χ1v) is 8.96. The summed E-state index contributed by atoms with van der Waals surface area (Å²) in [5.41, 5.74) is 0.740. The van der Waals surface area contributed by atoms with Gasteiger partial charge in [0, 0.05) is 6.42 Å². The second-order valence-corrected chi connectivity index (χ2v) is 6.34. The molecule has 0 N–H and O–H groups in total. The maximum Gasteiger partial charge on any atom is 0.363 e. The lowest BCUT2D eigenvalue weighted by molar-refractivity contribution is -0.134. The third kappa shape index (κ3) is 4.01. The van der Waals surface area contributed by atoms with E-state index in [1.165, 1.54) is 25.6 Å². The van der Waals surface area contributed by atoms with Crippen molar-refractivity contribution in [2.45, 2.75) is 13.3 Å².